The second-order valence-electron chi connectivity index (χ2n) is 5.96. The highest BCUT2D eigenvalue weighted by atomic mass is 16.6. The van der Waals surface area contributed by atoms with E-state index in [1.807, 2.05) is 0 Å². The molecule has 6 unspecified atom stereocenters. The standard InChI is InChI=1S/C14H20O2/c1(9-3-5-11-13(7-9)15-11)2-10-4-6-12-14(8-10)16-12/h1-2,9-14H,3-8H2/b2-1-. The molecule has 4 rings (SSSR count). The van der Waals surface area contributed by atoms with Gasteiger partial charge in [-0.2, -0.15) is 0 Å². The fourth-order valence-electron chi connectivity index (χ4n) is 3.53. The van der Waals surface area contributed by atoms with Crippen LogP contribution in [0.1, 0.15) is 38.5 Å². The van der Waals surface area contributed by atoms with Crippen LogP contribution in [0.3, 0.4) is 0 Å². The second kappa shape index (κ2) is 3.58. The summed E-state index contributed by atoms with van der Waals surface area (Å²) < 4.78 is 11.1. The Labute approximate surface area is 97.0 Å². The third-order valence-corrected chi connectivity index (χ3v) is 4.74. The van der Waals surface area contributed by atoms with E-state index in [9.17, 15) is 0 Å². The van der Waals surface area contributed by atoms with Gasteiger partial charge in [-0.25, -0.2) is 0 Å². The third kappa shape index (κ3) is 1.82. The van der Waals surface area contributed by atoms with Gasteiger partial charge in [-0.1, -0.05) is 12.2 Å². The quantitative estimate of drug-likeness (QED) is 0.528. The average Bonchev–Trinajstić information content (AvgIpc) is 3.19. The van der Waals surface area contributed by atoms with Gasteiger partial charge in [0.05, 0.1) is 24.4 Å². The Balaban J connectivity index is 1.31. The fraction of sp³-hybridized carbons (Fsp3) is 0.857. The lowest BCUT2D eigenvalue weighted by Gasteiger charge is -2.18. The minimum atomic E-state index is 0.617. The van der Waals surface area contributed by atoms with E-state index in [0.717, 1.165) is 11.8 Å². The SMILES string of the molecule is C(=C/C1CCC2OC2C1)/C1CCC2OC2C1. The van der Waals surface area contributed by atoms with Crippen molar-refractivity contribution in [2.75, 3.05) is 0 Å². The van der Waals surface area contributed by atoms with Crippen molar-refractivity contribution in [1.29, 1.82) is 0 Å². The summed E-state index contributed by atoms with van der Waals surface area (Å²) in [5.41, 5.74) is 0. The molecular weight excluding hydrogens is 200 g/mol. The molecule has 2 saturated heterocycles. The normalized spacial score (nSPS) is 54.5. The lowest BCUT2D eigenvalue weighted by atomic mass is 9.85. The first-order valence-corrected chi connectivity index (χ1v) is 6.88. The van der Waals surface area contributed by atoms with Crippen LogP contribution in [0.2, 0.25) is 0 Å². The monoisotopic (exact) mass is 220 g/mol. The second-order valence-corrected chi connectivity index (χ2v) is 5.96. The van der Waals surface area contributed by atoms with Crippen LogP contribution in [0.25, 0.3) is 0 Å². The van der Waals surface area contributed by atoms with Crippen LogP contribution < -0.4 is 0 Å². The summed E-state index contributed by atoms with van der Waals surface area (Å²) in [5, 5.41) is 0. The molecule has 0 N–H and O–H groups in total. The van der Waals surface area contributed by atoms with Crippen molar-refractivity contribution in [3.05, 3.63) is 12.2 Å². The van der Waals surface area contributed by atoms with Crippen LogP contribution in [-0.4, -0.2) is 24.4 Å². The van der Waals surface area contributed by atoms with Crippen molar-refractivity contribution in [2.24, 2.45) is 11.8 Å². The van der Waals surface area contributed by atoms with E-state index in [1.165, 1.54) is 38.5 Å². The summed E-state index contributed by atoms with van der Waals surface area (Å²) in [5.74, 6) is 1.59. The van der Waals surface area contributed by atoms with E-state index in [-0.39, 0.29) is 0 Å². The Morgan fingerprint density at radius 3 is 1.56 bits per heavy atom. The molecule has 6 atom stereocenters. The van der Waals surface area contributed by atoms with Gasteiger partial charge in [0.1, 0.15) is 0 Å². The highest BCUT2D eigenvalue weighted by Crippen LogP contribution is 2.42. The lowest BCUT2D eigenvalue weighted by Crippen LogP contribution is -2.14. The van der Waals surface area contributed by atoms with E-state index in [2.05, 4.69) is 12.2 Å². The highest BCUT2D eigenvalue weighted by molar-refractivity contribution is 5.04. The lowest BCUT2D eigenvalue weighted by molar-refractivity contribution is 0.368. The Kier molecular flexibility index (Phi) is 2.16. The number of epoxide rings is 2. The van der Waals surface area contributed by atoms with Gasteiger partial charge in [0.2, 0.25) is 0 Å². The smallest absolute Gasteiger partial charge is 0.0847 e. The van der Waals surface area contributed by atoms with Gasteiger partial charge in [-0.05, 0) is 50.4 Å². The third-order valence-electron chi connectivity index (χ3n) is 4.74. The molecule has 2 heterocycles. The number of rotatable bonds is 2. The largest absolute Gasteiger partial charge is 0.370 e. The molecule has 16 heavy (non-hydrogen) atoms. The number of fused-ring (bicyclic) bond motifs is 2. The van der Waals surface area contributed by atoms with Crippen molar-refractivity contribution < 1.29 is 9.47 Å². The van der Waals surface area contributed by atoms with E-state index in [1.54, 1.807) is 0 Å². The zero-order valence-electron chi connectivity index (χ0n) is 9.68. The minimum Gasteiger partial charge on any atom is -0.370 e. The molecule has 2 aliphatic heterocycles. The topological polar surface area (TPSA) is 25.1 Å². The van der Waals surface area contributed by atoms with Crippen LogP contribution >= 0.6 is 0 Å². The van der Waals surface area contributed by atoms with Gasteiger partial charge in [-0.3, -0.25) is 0 Å². The van der Waals surface area contributed by atoms with Crippen molar-refractivity contribution >= 4 is 0 Å². The molecule has 2 saturated carbocycles. The van der Waals surface area contributed by atoms with Gasteiger partial charge >= 0.3 is 0 Å². The molecule has 2 aliphatic carbocycles. The van der Waals surface area contributed by atoms with E-state index in [0.29, 0.717) is 24.4 Å². The van der Waals surface area contributed by atoms with Gasteiger partial charge in [-0.15, -0.1) is 0 Å². The molecule has 4 fully saturated rings. The molecule has 0 aromatic heterocycles. The predicted octanol–water partition coefficient (Wildman–Crippen LogP) is 2.68. The van der Waals surface area contributed by atoms with E-state index in [4.69, 9.17) is 9.47 Å². The Morgan fingerprint density at radius 2 is 1.12 bits per heavy atom. The maximum absolute atomic E-state index is 5.57. The molecule has 2 nitrogen and oxygen atoms in total. The molecule has 2 heteroatoms. The first kappa shape index (κ1) is 9.67. The van der Waals surface area contributed by atoms with Crippen LogP contribution in [0, 0.1) is 11.8 Å². The Hall–Kier alpha value is -0.340. The molecule has 0 aromatic rings. The summed E-state index contributed by atoms with van der Waals surface area (Å²) in [4.78, 5) is 0. The molecule has 0 bridgehead atoms. The van der Waals surface area contributed by atoms with Crippen LogP contribution in [0.15, 0.2) is 12.2 Å². The summed E-state index contributed by atoms with van der Waals surface area (Å²) >= 11 is 0. The molecular formula is C14H20O2. The van der Waals surface area contributed by atoms with Gasteiger partial charge in [0.25, 0.3) is 0 Å². The van der Waals surface area contributed by atoms with Crippen molar-refractivity contribution in [3.63, 3.8) is 0 Å². The summed E-state index contributed by atoms with van der Waals surface area (Å²) in [7, 11) is 0. The van der Waals surface area contributed by atoms with Gasteiger partial charge in [0.15, 0.2) is 0 Å². The van der Waals surface area contributed by atoms with Gasteiger partial charge in [0, 0.05) is 0 Å². The summed E-state index contributed by atoms with van der Waals surface area (Å²) in [6.45, 7) is 0. The van der Waals surface area contributed by atoms with E-state index >= 15 is 0 Å². The Bertz CT molecular complexity index is 282. The van der Waals surface area contributed by atoms with Crippen LogP contribution in [0.4, 0.5) is 0 Å². The zero-order chi connectivity index (χ0) is 10.5. The summed E-state index contributed by atoms with van der Waals surface area (Å²) in [6, 6.07) is 0. The number of ether oxygens (including phenoxy) is 2. The number of allylic oxidation sites excluding steroid dienone is 2. The average molecular weight is 220 g/mol. The molecule has 0 spiro atoms. The maximum Gasteiger partial charge on any atom is 0.0847 e. The Morgan fingerprint density at radius 1 is 0.625 bits per heavy atom. The van der Waals surface area contributed by atoms with Crippen molar-refractivity contribution in [1.82, 2.24) is 0 Å². The molecule has 0 amide bonds. The van der Waals surface area contributed by atoms with Gasteiger partial charge < -0.3 is 9.47 Å². The summed E-state index contributed by atoms with van der Waals surface area (Å²) in [6.07, 6.45) is 15.3. The molecule has 88 valence electrons. The molecule has 4 aliphatic rings. The minimum absolute atomic E-state index is 0.617. The number of hydrogen-bond acceptors (Lipinski definition) is 2. The highest BCUT2D eigenvalue weighted by Gasteiger charge is 2.44. The van der Waals surface area contributed by atoms with Crippen LogP contribution in [-0.2, 0) is 9.47 Å². The zero-order valence-corrected chi connectivity index (χ0v) is 9.68. The maximum atomic E-state index is 5.57. The number of hydrogen-bond donors (Lipinski definition) is 0. The van der Waals surface area contributed by atoms with Crippen molar-refractivity contribution in [2.45, 2.75) is 62.9 Å². The van der Waals surface area contributed by atoms with E-state index < -0.39 is 0 Å². The van der Waals surface area contributed by atoms with Crippen molar-refractivity contribution in [3.8, 4) is 0 Å². The fourth-order valence-corrected chi connectivity index (χ4v) is 3.53. The predicted molar refractivity (Wildman–Crippen MR) is 61.1 cm³/mol. The molecule has 0 aromatic carbocycles. The first-order valence-electron chi connectivity index (χ1n) is 6.88. The first-order chi connectivity index (χ1) is 7.88. The molecule has 0 radical (unpaired) electrons. The van der Waals surface area contributed by atoms with Crippen LogP contribution in [0.5, 0.6) is 0 Å².